The molecule has 0 radical (unpaired) electrons. The Bertz CT molecular complexity index is 3280. The largest absolute Gasteiger partial charge is 0.463 e. The van der Waals surface area contributed by atoms with Gasteiger partial charge in [0.05, 0.1) is 23.6 Å². The molecule has 3 aromatic carbocycles. The summed E-state index contributed by atoms with van der Waals surface area (Å²) in [6.07, 6.45) is 13.5. The van der Waals surface area contributed by atoms with Crippen LogP contribution in [0.3, 0.4) is 0 Å². The molecular weight excluding hydrogens is 943 g/mol. The standard InChI is InChI=1S/C56H64F2N12O4/c1-2-40-44(57)8-3-34-21-36(59)23-42(47(34)40)49-48(58)50-43(27-60-49)51(69-29-37-4-5-38(30-69)62-37)65-54(64-50)74-32-56(11-12-56)31-67-15-13-55(14-16-67)24-33(25-55)28-66-17-19-68(20-18-66)39-6-7-41-35(22-39)26-61-70(53(41)73)45-9-10-46(71)63-52(45)72/h3,6-8,21-23,26-27,33,37-38,45,62H,2,4-5,9-20,24-25,28-32,59H2,1H3,(H,63,71,72). The number of likely N-dealkylation sites (tertiary alicyclic amines) is 1. The highest BCUT2D eigenvalue weighted by molar-refractivity contribution is 6.03. The number of nitrogens with two attached hydrogens (primary N) is 1. The second kappa shape index (κ2) is 18.5. The zero-order valence-corrected chi connectivity index (χ0v) is 42.1. The fraction of sp³-hybridized carbons (Fsp3) is 0.518. The molecule has 6 aromatic rings. The highest BCUT2D eigenvalue weighted by Crippen LogP contribution is 2.54. The van der Waals surface area contributed by atoms with Crippen LogP contribution < -0.4 is 36.5 Å². The molecule has 16 nitrogen and oxygen atoms in total. The highest BCUT2D eigenvalue weighted by Gasteiger charge is 2.50. The minimum Gasteiger partial charge on any atom is -0.463 e. The third-order valence-corrected chi connectivity index (χ3v) is 17.9. The normalized spacial score (nSPS) is 24.0. The quantitative estimate of drug-likeness (QED) is 0.0910. The van der Waals surface area contributed by atoms with E-state index in [9.17, 15) is 14.4 Å². The number of rotatable bonds is 12. The number of fused-ring (bicyclic) bond motifs is 5. The molecule has 3 aromatic heterocycles. The summed E-state index contributed by atoms with van der Waals surface area (Å²) in [4.78, 5) is 61.8. The Morgan fingerprint density at radius 2 is 1.61 bits per heavy atom. The minimum atomic E-state index is -0.782. The average molecular weight is 1010 g/mol. The number of nitrogens with one attached hydrogen (secondary N) is 2. The van der Waals surface area contributed by atoms with Crippen molar-refractivity contribution in [2.45, 2.75) is 95.7 Å². The summed E-state index contributed by atoms with van der Waals surface area (Å²) in [6, 6.07) is 12.5. The van der Waals surface area contributed by atoms with Gasteiger partial charge in [-0.1, -0.05) is 13.0 Å². The van der Waals surface area contributed by atoms with E-state index in [0.29, 0.717) is 69.3 Å². The Kier molecular flexibility index (Phi) is 11.8. The first-order valence-electron chi connectivity index (χ1n) is 27.0. The maximum Gasteiger partial charge on any atom is 0.319 e. The lowest BCUT2D eigenvalue weighted by Crippen LogP contribution is -2.53. The van der Waals surface area contributed by atoms with Crippen LogP contribution in [0.5, 0.6) is 6.01 Å². The fourth-order valence-corrected chi connectivity index (χ4v) is 13.7. The Hall–Kier alpha value is -6.37. The number of halogens is 2. The zero-order valence-electron chi connectivity index (χ0n) is 42.1. The Morgan fingerprint density at radius 1 is 0.824 bits per heavy atom. The lowest BCUT2D eigenvalue weighted by Gasteiger charge is -2.54. The summed E-state index contributed by atoms with van der Waals surface area (Å²) in [5.74, 6) is -0.396. The number of nitrogen functional groups attached to an aromatic ring is 1. The molecule has 5 aliphatic heterocycles. The summed E-state index contributed by atoms with van der Waals surface area (Å²) in [6.45, 7) is 11.9. The van der Waals surface area contributed by atoms with Crippen LogP contribution >= 0.6 is 0 Å². The number of carbonyl (C=O) groups is 2. The van der Waals surface area contributed by atoms with Crippen LogP contribution in [0.2, 0.25) is 0 Å². The van der Waals surface area contributed by atoms with E-state index in [1.807, 2.05) is 25.1 Å². The first kappa shape index (κ1) is 47.4. The van der Waals surface area contributed by atoms with Gasteiger partial charge in [0.25, 0.3) is 11.5 Å². The number of piperidine rings is 2. The number of imide groups is 1. The van der Waals surface area contributed by atoms with Crippen LogP contribution in [0.15, 0.2) is 59.7 Å². The topological polar surface area (TPSA) is 180 Å². The molecule has 74 heavy (non-hydrogen) atoms. The van der Waals surface area contributed by atoms with Gasteiger partial charge in [0.1, 0.15) is 28.9 Å². The number of aromatic nitrogens is 5. The van der Waals surface area contributed by atoms with E-state index in [1.165, 1.54) is 36.4 Å². The molecule has 13 rings (SSSR count). The van der Waals surface area contributed by atoms with Crippen molar-refractivity contribution in [1.29, 1.82) is 0 Å². The third-order valence-electron chi connectivity index (χ3n) is 17.9. The van der Waals surface area contributed by atoms with Gasteiger partial charge in [-0.15, -0.1) is 0 Å². The number of benzene rings is 3. The van der Waals surface area contributed by atoms with Crippen LogP contribution in [0.25, 0.3) is 43.7 Å². The number of amides is 2. The zero-order chi connectivity index (χ0) is 50.5. The Labute approximate surface area is 428 Å². The van der Waals surface area contributed by atoms with Gasteiger partial charge in [-0.25, -0.2) is 13.5 Å². The molecule has 1 spiro atoms. The monoisotopic (exact) mass is 1010 g/mol. The predicted octanol–water partition coefficient (Wildman–Crippen LogP) is 6.37. The average Bonchev–Trinajstić information content (AvgIpc) is 4.09. The van der Waals surface area contributed by atoms with Gasteiger partial charge in [0.15, 0.2) is 5.82 Å². The number of pyridine rings is 1. The fourth-order valence-electron chi connectivity index (χ4n) is 13.7. The van der Waals surface area contributed by atoms with Crippen LogP contribution in [0.4, 0.5) is 26.0 Å². The molecule has 4 N–H and O–H groups in total. The lowest BCUT2D eigenvalue weighted by molar-refractivity contribution is -0.136. The second-order valence-corrected chi connectivity index (χ2v) is 22.9. The summed E-state index contributed by atoms with van der Waals surface area (Å²) in [5, 5.41) is 13.5. The maximum absolute atomic E-state index is 17.3. The molecular formula is C56H64F2N12O4. The first-order chi connectivity index (χ1) is 35.9. The number of hydrogen-bond donors (Lipinski definition) is 3. The number of piperazine rings is 2. The lowest BCUT2D eigenvalue weighted by atomic mass is 9.57. The van der Waals surface area contributed by atoms with Crippen LogP contribution in [0, 0.1) is 28.4 Å². The van der Waals surface area contributed by atoms with Gasteiger partial charge in [-0.2, -0.15) is 15.1 Å². The molecule has 3 atom stereocenters. The van der Waals surface area contributed by atoms with E-state index < -0.39 is 17.8 Å². The number of anilines is 3. The van der Waals surface area contributed by atoms with Crippen LogP contribution in [0.1, 0.15) is 82.7 Å². The maximum atomic E-state index is 17.3. The molecule has 18 heteroatoms. The summed E-state index contributed by atoms with van der Waals surface area (Å²) in [7, 11) is 0. The predicted molar refractivity (Wildman–Crippen MR) is 280 cm³/mol. The van der Waals surface area contributed by atoms with E-state index in [2.05, 4.69) is 35.3 Å². The van der Waals surface area contributed by atoms with Crippen molar-refractivity contribution in [2.24, 2.45) is 16.7 Å². The molecule has 5 saturated heterocycles. The van der Waals surface area contributed by atoms with Crippen molar-refractivity contribution in [3.8, 4) is 17.3 Å². The van der Waals surface area contributed by atoms with Gasteiger partial charge in [0, 0.05) is 105 Å². The molecule has 2 amide bonds. The van der Waals surface area contributed by atoms with Crippen molar-refractivity contribution < 1.29 is 23.1 Å². The van der Waals surface area contributed by atoms with E-state index in [-0.39, 0.29) is 52.8 Å². The van der Waals surface area contributed by atoms with E-state index >= 15 is 8.78 Å². The molecule has 7 fully saturated rings. The summed E-state index contributed by atoms with van der Waals surface area (Å²) < 4.78 is 40.3. The van der Waals surface area contributed by atoms with Crippen molar-refractivity contribution in [1.82, 2.24) is 45.2 Å². The van der Waals surface area contributed by atoms with Crippen molar-refractivity contribution >= 4 is 61.5 Å². The summed E-state index contributed by atoms with van der Waals surface area (Å²) in [5.41, 5.74) is 9.15. The van der Waals surface area contributed by atoms with Gasteiger partial charge < -0.3 is 30.5 Å². The number of ether oxygens (including phenoxy) is 1. The summed E-state index contributed by atoms with van der Waals surface area (Å²) >= 11 is 0. The number of aryl methyl sites for hydroxylation is 1. The van der Waals surface area contributed by atoms with Gasteiger partial charge >= 0.3 is 6.01 Å². The second-order valence-electron chi connectivity index (χ2n) is 22.9. The van der Waals surface area contributed by atoms with Crippen LogP contribution in [-0.2, 0) is 16.0 Å². The van der Waals surface area contributed by atoms with Gasteiger partial charge in [-0.05, 0) is 141 Å². The number of nitrogens with zero attached hydrogens (tertiary/aromatic N) is 9. The molecule has 3 unspecified atom stereocenters. The smallest absolute Gasteiger partial charge is 0.319 e. The minimum absolute atomic E-state index is 0.00746. The van der Waals surface area contributed by atoms with Crippen molar-refractivity contribution in [3.63, 3.8) is 0 Å². The SMILES string of the molecule is CCc1c(F)ccc2cc(N)cc(-c3ncc4c(N5CC6CCC(C5)N6)nc(OCC5(CN6CCC7(CC6)CC(CN6CCN(c8ccc9c(=O)n(C%10CCC(=O)NC%10=O)ncc9c8)CC6)C7)CC5)nc4c3F)c12. The molecule has 386 valence electrons. The molecule has 7 aliphatic rings. The number of carbonyl (C=O) groups excluding carboxylic acids is 2. The molecule has 2 bridgehead atoms. The van der Waals surface area contributed by atoms with Crippen molar-refractivity contribution in [3.05, 3.63) is 82.4 Å². The van der Waals surface area contributed by atoms with E-state index in [4.69, 9.17) is 25.4 Å². The van der Waals surface area contributed by atoms with Gasteiger partial charge in [0.2, 0.25) is 5.91 Å². The molecule has 8 heterocycles. The Morgan fingerprint density at radius 3 is 2.35 bits per heavy atom. The first-order valence-corrected chi connectivity index (χ1v) is 27.0. The Balaban J connectivity index is 0.630. The molecule has 2 saturated carbocycles. The number of hydrogen-bond acceptors (Lipinski definition) is 14. The van der Waals surface area contributed by atoms with Crippen molar-refractivity contribution in [2.75, 3.05) is 87.6 Å². The van der Waals surface area contributed by atoms with E-state index in [0.717, 1.165) is 114 Å². The van der Waals surface area contributed by atoms with E-state index in [1.54, 1.807) is 30.6 Å². The molecule has 2 aliphatic carbocycles. The highest BCUT2D eigenvalue weighted by atomic mass is 19.1. The van der Waals surface area contributed by atoms with Gasteiger partial charge in [-0.3, -0.25) is 29.6 Å². The third kappa shape index (κ3) is 8.69. The van der Waals surface area contributed by atoms with Crippen LogP contribution in [-0.4, -0.2) is 130 Å².